The predicted molar refractivity (Wildman–Crippen MR) is 138 cm³/mol. The highest BCUT2D eigenvalue weighted by molar-refractivity contribution is 14.0. The number of ether oxygens (including phenoxy) is 2. The molecule has 31 heavy (non-hydrogen) atoms. The van der Waals surface area contributed by atoms with Gasteiger partial charge >= 0.3 is 0 Å². The zero-order valence-electron chi connectivity index (χ0n) is 17.7. The molecule has 4 nitrogen and oxygen atoms in total. The number of aliphatic imine (C=N–C) groups is 1. The lowest BCUT2D eigenvalue weighted by Gasteiger charge is -2.26. The van der Waals surface area contributed by atoms with Crippen LogP contribution in [0, 0.1) is 5.82 Å². The first-order valence-electron chi connectivity index (χ1n) is 9.51. The smallest absolute Gasteiger partial charge is 0.164 e. The lowest BCUT2D eigenvalue weighted by atomic mass is 10.1. The van der Waals surface area contributed by atoms with Gasteiger partial charge in [0.15, 0.2) is 5.17 Å². The minimum absolute atomic E-state index is 0. The van der Waals surface area contributed by atoms with E-state index in [0.717, 1.165) is 27.8 Å². The first-order valence-corrected chi connectivity index (χ1v) is 10.7. The summed E-state index contributed by atoms with van der Waals surface area (Å²) >= 11 is 1.50. The van der Waals surface area contributed by atoms with E-state index in [2.05, 4.69) is 9.89 Å². The highest BCUT2D eigenvalue weighted by Crippen LogP contribution is 2.23. The normalized spacial score (nSPS) is 10.9. The molecule has 0 atom stereocenters. The highest BCUT2D eigenvalue weighted by atomic mass is 127. The second kappa shape index (κ2) is 12.6. The fourth-order valence-corrected chi connectivity index (χ4v) is 3.56. The molecule has 3 aromatic rings. The molecule has 0 radical (unpaired) electrons. The van der Waals surface area contributed by atoms with Gasteiger partial charge < -0.3 is 14.4 Å². The van der Waals surface area contributed by atoms with Crippen LogP contribution in [-0.4, -0.2) is 30.5 Å². The third-order valence-electron chi connectivity index (χ3n) is 4.59. The van der Waals surface area contributed by atoms with Crippen molar-refractivity contribution in [3.63, 3.8) is 0 Å². The molecule has 0 bridgehead atoms. The van der Waals surface area contributed by atoms with Gasteiger partial charge in [-0.25, -0.2) is 9.38 Å². The number of methoxy groups -OCH3 is 2. The van der Waals surface area contributed by atoms with Gasteiger partial charge in [0, 0.05) is 13.1 Å². The van der Waals surface area contributed by atoms with Gasteiger partial charge in [0.25, 0.3) is 0 Å². The van der Waals surface area contributed by atoms with Gasteiger partial charge in [0.1, 0.15) is 23.0 Å². The summed E-state index contributed by atoms with van der Waals surface area (Å²) in [5.41, 5.74) is 2.55. The van der Waals surface area contributed by atoms with Crippen LogP contribution >= 0.6 is 35.7 Å². The predicted octanol–water partition coefficient (Wildman–Crippen LogP) is 6.51. The lowest BCUT2D eigenvalue weighted by Crippen LogP contribution is -2.27. The molecule has 3 rings (SSSR count). The SMILES string of the molecule is COc1ccc(CN(Cc2ccc(OC)cc2)C(=Nc2ccccc2F)SC)cc1.I. The number of hydrogen-bond acceptors (Lipinski definition) is 4. The Morgan fingerprint density at radius 2 is 1.32 bits per heavy atom. The number of amidine groups is 1. The van der Waals surface area contributed by atoms with Crippen molar-refractivity contribution in [1.29, 1.82) is 0 Å². The van der Waals surface area contributed by atoms with Gasteiger partial charge in [-0.15, -0.1) is 24.0 Å². The van der Waals surface area contributed by atoms with Crippen molar-refractivity contribution in [2.45, 2.75) is 13.1 Å². The standard InChI is InChI=1S/C24H25FN2O2S.HI/c1-28-20-12-8-18(9-13-20)16-27(17-19-10-14-21(29-2)15-11-19)24(30-3)26-23-7-5-4-6-22(23)25;/h4-15H,16-17H2,1-3H3;1H. The van der Waals surface area contributed by atoms with E-state index in [1.807, 2.05) is 54.8 Å². The molecule has 0 spiro atoms. The van der Waals surface area contributed by atoms with Crippen LogP contribution in [0.4, 0.5) is 10.1 Å². The van der Waals surface area contributed by atoms with E-state index in [0.29, 0.717) is 18.8 Å². The Labute approximate surface area is 204 Å². The van der Waals surface area contributed by atoms with Crippen molar-refractivity contribution in [2.75, 3.05) is 20.5 Å². The van der Waals surface area contributed by atoms with Crippen LogP contribution in [0.5, 0.6) is 11.5 Å². The minimum Gasteiger partial charge on any atom is -0.497 e. The van der Waals surface area contributed by atoms with Gasteiger partial charge in [-0.05, 0) is 53.8 Å². The second-order valence-electron chi connectivity index (χ2n) is 6.60. The number of halogens is 2. The molecule has 0 fully saturated rings. The van der Waals surface area contributed by atoms with Crippen LogP contribution in [0.25, 0.3) is 0 Å². The molecular weight excluding hydrogens is 526 g/mol. The van der Waals surface area contributed by atoms with E-state index in [-0.39, 0.29) is 29.8 Å². The Morgan fingerprint density at radius 3 is 1.74 bits per heavy atom. The number of thioether (sulfide) groups is 1. The average Bonchev–Trinajstić information content (AvgIpc) is 2.79. The molecule has 0 unspecified atom stereocenters. The highest BCUT2D eigenvalue weighted by Gasteiger charge is 2.14. The molecular formula is C24H26FIN2O2S. The molecule has 0 heterocycles. The van der Waals surface area contributed by atoms with E-state index >= 15 is 0 Å². The number of nitrogens with zero attached hydrogens (tertiary/aromatic N) is 2. The van der Waals surface area contributed by atoms with Crippen molar-refractivity contribution >= 4 is 46.6 Å². The largest absolute Gasteiger partial charge is 0.497 e. The Kier molecular flexibility index (Phi) is 10.1. The fraction of sp³-hybridized carbons (Fsp3) is 0.208. The van der Waals surface area contributed by atoms with E-state index in [4.69, 9.17) is 9.47 Å². The number of para-hydroxylation sites is 1. The summed E-state index contributed by atoms with van der Waals surface area (Å²) in [7, 11) is 3.30. The second-order valence-corrected chi connectivity index (χ2v) is 7.38. The summed E-state index contributed by atoms with van der Waals surface area (Å²) in [6, 6.07) is 22.4. The third kappa shape index (κ3) is 7.14. The number of rotatable bonds is 7. The molecule has 0 saturated heterocycles. The quantitative estimate of drug-likeness (QED) is 0.190. The van der Waals surface area contributed by atoms with Gasteiger partial charge in [-0.3, -0.25) is 0 Å². The minimum atomic E-state index is -0.335. The Hall–Kier alpha value is -2.26. The first kappa shape index (κ1) is 25.0. The van der Waals surface area contributed by atoms with Crippen LogP contribution in [0.2, 0.25) is 0 Å². The van der Waals surface area contributed by atoms with Crippen molar-refractivity contribution in [3.05, 3.63) is 89.7 Å². The van der Waals surface area contributed by atoms with E-state index in [1.165, 1.54) is 17.8 Å². The topological polar surface area (TPSA) is 34.1 Å². The molecule has 0 N–H and O–H groups in total. The van der Waals surface area contributed by atoms with Crippen LogP contribution in [-0.2, 0) is 13.1 Å². The molecule has 0 saturated carbocycles. The van der Waals surface area contributed by atoms with E-state index in [1.54, 1.807) is 32.4 Å². The van der Waals surface area contributed by atoms with E-state index < -0.39 is 0 Å². The summed E-state index contributed by atoms with van der Waals surface area (Å²) in [6.07, 6.45) is 1.95. The maximum absolute atomic E-state index is 14.2. The van der Waals surface area contributed by atoms with Crippen molar-refractivity contribution in [2.24, 2.45) is 4.99 Å². The Balaban J connectivity index is 0.00000341. The van der Waals surface area contributed by atoms with Crippen LogP contribution in [0.15, 0.2) is 77.8 Å². The Bertz CT molecular complexity index is 932. The van der Waals surface area contributed by atoms with Gasteiger partial charge in [-0.2, -0.15) is 0 Å². The number of benzene rings is 3. The summed E-state index contributed by atoms with van der Waals surface area (Å²) in [5, 5.41) is 0.742. The van der Waals surface area contributed by atoms with Gasteiger partial charge in [-0.1, -0.05) is 48.2 Å². The first-order chi connectivity index (χ1) is 14.6. The molecule has 7 heteroatoms. The molecule has 164 valence electrons. The van der Waals surface area contributed by atoms with Gasteiger partial charge in [0.2, 0.25) is 0 Å². The van der Waals surface area contributed by atoms with Crippen molar-refractivity contribution in [1.82, 2.24) is 4.90 Å². The summed E-state index contributed by atoms with van der Waals surface area (Å²) in [6.45, 7) is 1.26. The van der Waals surface area contributed by atoms with Crippen molar-refractivity contribution < 1.29 is 13.9 Å². The summed E-state index contributed by atoms with van der Waals surface area (Å²) in [4.78, 5) is 6.76. The molecule has 0 aliphatic heterocycles. The average molecular weight is 552 g/mol. The maximum atomic E-state index is 14.2. The number of hydrogen-bond donors (Lipinski definition) is 0. The van der Waals surface area contributed by atoms with Crippen molar-refractivity contribution in [3.8, 4) is 11.5 Å². The Morgan fingerprint density at radius 1 is 0.839 bits per heavy atom. The monoisotopic (exact) mass is 552 g/mol. The zero-order valence-corrected chi connectivity index (χ0v) is 20.9. The van der Waals surface area contributed by atoms with E-state index in [9.17, 15) is 4.39 Å². The molecule has 0 aromatic heterocycles. The van der Waals surface area contributed by atoms with Crippen LogP contribution in [0.3, 0.4) is 0 Å². The lowest BCUT2D eigenvalue weighted by molar-refractivity contribution is 0.405. The third-order valence-corrected chi connectivity index (χ3v) is 5.30. The molecule has 0 aliphatic carbocycles. The molecule has 0 amide bonds. The molecule has 3 aromatic carbocycles. The summed E-state index contributed by atoms with van der Waals surface area (Å²) < 4.78 is 24.7. The summed E-state index contributed by atoms with van der Waals surface area (Å²) in [5.74, 6) is 1.29. The van der Waals surface area contributed by atoms with Gasteiger partial charge in [0.05, 0.1) is 14.2 Å². The fourth-order valence-electron chi connectivity index (χ4n) is 2.98. The van der Waals surface area contributed by atoms with Crippen LogP contribution in [0.1, 0.15) is 11.1 Å². The van der Waals surface area contributed by atoms with Crippen LogP contribution < -0.4 is 9.47 Å². The molecule has 0 aliphatic rings. The maximum Gasteiger partial charge on any atom is 0.164 e. The zero-order chi connectivity index (χ0) is 21.3.